The molecule has 0 unspecified atom stereocenters. The standard InChI is InChI=1S/C52H53N2O/c1-32(2)41-19-14-20-42(33(3)4)50(41)54-47-22-12-11-21-46(47)53(7)52(54)49-35(6)24-27-44-43-28-26-39(31-48(43)55-51(44)49)38-25-23-34(5)45(30-38)40-18-13-17-37(29-40)36-15-9-8-10-16-36/h11-14,17-33,36H,8-10,15-16H2,1-7H3/q+1/i5D3,36D. The molecule has 0 amide bonds. The number of hydrogen-bond acceptors (Lipinski definition) is 1. The average Bonchev–Trinajstić information content (AvgIpc) is 3.74. The monoisotopic (exact) mass is 725 g/mol. The smallest absolute Gasteiger partial charge is 0.299 e. The Kier molecular flexibility index (Phi) is 7.87. The maximum absolute atomic E-state index is 9.30. The van der Waals surface area contributed by atoms with Crippen LogP contribution in [0.1, 0.15) is 111 Å². The summed E-state index contributed by atoms with van der Waals surface area (Å²) in [6, 6.07) is 39.9. The first-order chi connectivity index (χ1) is 28.2. The molecule has 8 aromatic rings. The first kappa shape index (κ1) is 30.9. The Morgan fingerprint density at radius 2 is 1.40 bits per heavy atom. The van der Waals surface area contributed by atoms with Crippen molar-refractivity contribution in [2.75, 3.05) is 0 Å². The normalized spacial score (nSPS) is 15.9. The van der Waals surface area contributed by atoms with Crippen LogP contribution >= 0.6 is 0 Å². The van der Waals surface area contributed by atoms with Crippen molar-refractivity contribution in [3.8, 4) is 39.3 Å². The van der Waals surface area contributed by atoms with E-state index in [1.807, 2.05) is 30.3 Å². The molecule has 1 aliphatic rings. The molecule has 2 heterocycles. The molecule has 1 aliphatic carbocycles. The van der Waals surface area contributed by atoms with Gasteiger partial charge in [-0.3, -0.25) is 0 Å². The lowest BCUT2D eigenvalue weighted by atomic mass is 9.83. The summed E-state index contributed by atoms with van der Waals surface area (Å²) in [5.74, 6) is 1.05. The van der Waals surface area contributed by atoms with Crippen molar-refractivity contribution in [1.82, 2.24) is 4.57 Å². The predicted molar refractivity (Wildman–Crippen MR) is 232 cm³/mol. The molecule has 0 bridgehead atoms. The number of furan rings is 1. The van der Waals surface area contributed by atoms with Gasteiger partial charge in [0.05, 0.1) is 7.05 Å². The highest BCUT2D eigenvalue weighted by atomic mass is 16.3. The van der Waals surface area contributed by atoms with Crippen LogP contribution in [0.15, 0.2) is 120 Å². The molecule has 9 rings (SSSR count). The van der Waals surface area contributed by atoms with Crippen molar-refractivity contribution in [3.05, 3.63) is 143 Å². The molecule has 0 radical (unpaired) electrons. The van der Waals surface area contributed by atoms with E-state index < -0.39 is 12.7 Å². The summed E-state index contributed by atoms with van der Waals surface area (Å²) >= 11 is 0. The molecule has 0 atom stereocenters. The van der Waals surface area contributed by atoms with Gasteiger partial charge in [-0.1, -0.05) is 132 Å². The number of para-hydroxylation sites is 3. The fraction of sp³-hybridized carbons (Fsp3) is 0.288. The molecule has 0 saturated heterocycles. The largest absolute Gasteiger partial charge is 0.455 e. The summed E-state index contributed by atoms with van der Waals surface area (Å²) in [7, 11) is 2.16. The highest BCUT2D eigenvalue weighted by molar-refractivity contribution is 6.10. The summed E-state index contributed by atoms with van der Waals surface area (Å²) in [6.07, 6.45) is 4.90. The molecule has 276 valence electrons. The Hall–Kier alpha value is -5.41. The number of nitrogens with zero attached hydrogens (tertiary/aromatic N) is 2. The van der Waals surface area contributed by atoms with Crippen LogP contribution < -0.4 is 4.57 Å². The molecule has 55 heavy (non-hydrogen) atoms. The molecule has 2 aromatic heterocycles. The first-order valence-electron chi connectivity index (χ1n) is 22.1. The SMILES string of the molecule is [2H]C([2H])([2H])c1ccc(-c2ccc3c(c2)oc2c(-c4n(-c5c(C(C)C)cccc5C(C)C)c5ccccc5[n+]4C)c(C)ccc23)cc1-c1cccc(C2([2H])CCCCC2)c1. The Bertz CT molecular complexity index is 2880. The number of benzene rings is 6. The van der Waals surface area contributed by atoms with E-state index in [0.29, 0.717) is 23.0 Å². The molecule has 0 aliphatic heterocycles. The summed E-state index contributed by atoms with van der Waals surface area (Å²) < 4.78 is 46.5. The van der Waals surface area contributed by atoms with E-state index in [4.69, 9.17) is 8.53 Å². The van der Waals surface area contributed by atoms with Gasteiger partial charge in [-0.25, -0.2) is 4.57 Å². The summed E-state index contributed by atoms with van der Waals surface area (Å²) in [5, 5.41) is 2.08. The number of rotatable bonds is 7. The van der Waals surface area contributed by atoms with Gasteiger partial charge in [0.1, 0.15) is 16.8 Å². The molecule has 3 heteroatoms. The Labute approximate surface area is 331 Å². The van der Waals surface area contributed by atoms with Crippen molar-refractivity contribution >= 4 is 33.0 Å². The minimum Gasteiger partial charge on any atom is -0.455 e. The summed E-state index contributed by atoms with van der Waals surface area (Å²) in [6.45, 7) is 8.98. The zero-order valence-electron chi connectivity index (χ0n) is 37.0. The first-order valence-corrected chi connectivity index (χ1v) is 20.1. The molecule has 0 spiro atoms. The molecule has 3 nitrogen and oxygen atoms in total. The highest BCUT2D eigenvalue weighted by Gasteiger charge is 2.33. The molecular formula is C52H53N2O+. The van der Waals surface area contributed by atoms with E-state index in [1.165, 1.54) is 16.8 Å². The summed E-state index contributed by atoms with van der Waals surface area (Å²) in [4.78, 5) is 0. The Morgan fingerprint density at radius 1 is 0.709 bits per heavy atom. The van der Waals surface area contributed by atoms with Gasteiger partial charge in [-0.15, -0.1) is 0 Å². The zero-order chi connectivity index (χ0) is 41.4. The lowest BCUT2D eigenvalue weighted by molar-refractivity contribution is -0.633. The maximum atomic E-state index is 9.30. The van der Waals surface area contributed by atoms with Crippen LogP contribution in [0, 0.1) is 13.8 Å². The van der Waals surface area contributed by atoms with Gasteiger partial charge in [0, 0.05) is 27.4 Å². The van der Waals surface area contributed by atoms with Gasteiger partial charge < -0.3 is 4.42 Å². The molecule has 1 fully saturated rings. The van der Waals surface area contributed by atoms with Crippen LogP contribution in [0.25, 0.3) is 72.3 Å². The average molecular weight is 726 g/mol. The van der Waals surface area contributed by atoms with Crippen LogP contribution in [0.3, 0.4) is 0 Å². The van der Waals surface area contributed by atoms with Gasteiger partial charge in [-0.2, -0.15) is 4.57 Å². The van der Waals surface area contributed by atoms with Gasteiger partial charge in [0.15, 0.2) is 16.6 Å². The van der Waals surface area contributed by atoms with Crippen LogP contribution in [0.4, 0.5) is 0 Å². The number of aromatic nitrogens is 2. The maximum Gasteiger partial charge on any atom is 0.299 e. The van der Waals surface area contributed by atoms with Crippen LogP contribution in [-0.4, -0.2) is 4.57 Å². The predicted octanol–water partition coefficient (Wildman–Crippen LogP) is 14.3. The van der Waals surface area contributed by atoms with Crippen molar-refractivity contribution in [3.63, 3.8) is 0 Å². The third-order valence-electron chi connectivity index (χ3n) is 12.0. The lowest BCUT2D eigenvalue weighted by Gasteiger charge is -2.22. The van der Waals surface area contributed by atoms with Crippen LogP contribution in [-0.2, 0) is 7.05 Å². The molecular weight excluding hydrogens is 669 g/mol. The van der Waals surface area contributed by atoms with E-state index >= 15 is 0 Å². The minimum absolute atomic E-state index is 0.314. The summed E-state index contributed by atoms with van der Waals surface area (Å²) in [5.41, 5.74) is 14.6. The van der Waals surface area contributed by atoms with E-state index in [0.717, 1.165) is 104 Å². The number of hydrogen-bond donors (Lipinski definition) is 0. The molecule has 6 aromatic carbocycles. The third-order valence-corrected chi connectivity index (χ3v) is 12.0. The van der Waals surface area contributed by atoms with Crippen LogP contribution in [0.5, 0.6) is 0 Å². The fourth-order valence-corrected chi connectivity index (χ4v) is 9.12. The topological polar surface area (TPSA) is 21.9 Å². The van der Waals surface area contributed by atoms with Gasteiger partial charge in [-0.05, 0) is 114 Å². The number of imidazole rings is 1. The quantitative estimate of drug-likeness (QED) is 0.150. The number of aryl methyl sites for hydroxylation is 3. The highest BCUT2D eigenvalue weighted by Crippen LogP contribution is 2.43. The Morgan fingerprint density at radius 3 is 2.16 bits per heavy atom. The minimum atomic E-state index is -2.30. The molecule has 0 N–H and O–H groups in total. The van der Waals surface area contributed by atoms with Crippen molar-refractivity contribution < 1.29 is 14.5 Å². The van der Waals surface area contributed by atoms with E-state index in [1.54, 1.807) is 6.07 Å². The zero-order valence-corrected chi connectivity index (χ0v) is 33.0. The number of fused-ring (bicyclic) bond motifs is 4. The van der Waals surface area contributed by atoms with Gasteiger partial charge >= 0.3 is 0 Å². The fourth-order valence-electron chi connectivity index (χ4n) is 9.12. The van der Waals surface area contributed by atoms with E-state index in [2.05, 4.69) is 130 Å². The van der Waals surface area contributed by atoms with Gasteiger partial charge in [0.25, 0.3) is 5.82 Å². The van der Waals surface area contributed by atoms with Gasteiger partial charge in [0.2, 0.25) is 0 Å². The van der Waals surface area contributed by atoms with E-state index in [-0.39, 0.29) is 0 Å². The Balaban J connectivity index is 1.23. The van der Waals surface area contributed by atoms with E-state index in [9.17, 15) is 1.37 Å². The van der Waals surface area contributed by atoms with Crippen molar-refractivity contribution in [2.45, 2.75) is 91.3 Å². The second kappa shape index (κ2) is 14.0. The molecule has 1 saturated carbocycles. The second-order valence-electron chi connectivity index (χ2n) is 16.3. The van der Waals surface area contributed by atoms with Crippen molar-refractivity contribution in [1.29, 1.82) is 0 Å². The van der Waals surface area contributed by atoms with Crippen molar-refractivity contribution in [2.24, 2.45) is 7.05 Å². The third kappa shape index (κ3) is 6.00. The van der Waals surface area contributed by atoms with Crippen LogP contribution in [0.2, 0.25) is 0 Å². The lowest BCUT2D eigenvalue weighted by Crippen LogP contribution is -2.30. The second-order valence-corrected chi connectivity index (χ2v) is 16.3.